The molecule has 2 heteroatoms. The van der Waals surface area contributed by atoms with E-state index in [0.717, 1.165) is 0 Å². The molecule has 0 fully saturated rings. The van der Waals surface area contributed by atoms with Crippen LogP contribution in [0.2, 0.25) is 0 Å². The quantitative estimate of drug-likeness (QED) is 0.182. The van der Waals surface area contributed by atoms with Gasteiger partial charge in [-0.3, -0.25) is 0 Å². The lowest BCUT2D eigenvalue weighted by molar-refractivity contribution is 0.726. The summed E-state index contributed by atoms with van der Waals surface area (Å²) in [5.74, 6) is 0.193. The summed E-state index contributed by atoms with van der Waals surface area (Å²) in [6.45, 7) is 0. The first kappa shape index (κ1) is 28.6. The predicted octanol–water partition coefficient (Wildman–Crippen LogP) is 12.3. The van der Waals surface area contributed by atoms with E-state index < -0.39 is 0 Å². The molecular formula is C48H34N2. The van der Waals surface area contributed by atoms with Gasteiger partial charge in [-0.15, -0.1) is 0 Å². The van der Waals surface area contributed by atoms with Crippen molar-refractivity contribution in [2.24, 2.45) is 0 Å². The van der Waals surface area contributed by atoms with Gasteiger partial charge in [-0.25, -0.2) is 0 Å². The molecule has 10 rings (SSSR count). The molecule has 2 heterocycles. The van der Waals surface area contributed by atoms with Crippen LogP contribution < -0.4 is 4.90 Å². The topological polar surface area (TPSA) is 8.17 Å². The van der Waals surface area contributed by atoms with Gasteiger partial charge < -0.3 is 9.47 Å². The van der Waals surface area contributed by atoms with Gasteiger partial charge in [-0.1, -0.05) is 158 Å². The standard InChI is InChI=1S/C48H34N2/c1-3-15-33(16-4-1)37-19-7-8-20-38(37)35-27-29-36(30-28-35)49-43-25-13-10-22-40(43)47-45(49)31-32-46-48(47)41-23-11-14-26-44(41)50(46)42-24-12-9-21-39(42)34-17-5-2-6-18-34/h1-32,46,48H. The van der Waals surface area contributed by atoms with Crippen LogP contribution in [0.3, 0.4) is 0 Å². The molecule has 0 radical (unpaired) electrons. The van der Waals surface area contributed by atoms with Gasteiger partial charge in [0.15, 0.2) is 0 Å². The monoisotopic (exact) mass is 638 g/mol. The summed E-state index contributed by atoms with van der Waals surface area (Å²) in [4.78, 5) is 2.58. The average Bonchev–Trinajstić information content (AvgIpc) is 3.71. The number of nitrogens with zero attached hydrogens (tertiary/aromatic N) is 2. The van der Waals surface area contributed by atoms with Crippen LogP contribution in [0.1, 0.15) is 22.7 Å². The maximum Gasteiger partial charge on any atom is 0.0637 e. The number of benzene rings is 7. The van der Waals surface area contributed by atoms with Gasteiger partial charge in [0, 0.05) is 33.9 Å². The lowest BCUT2D eigenvalue weighted by atomic mass is 9.82. The second kappa shape index (κ2) is 11.6. The van der Waals surface area contributed by atoms with Crippen molar-refractivity contribution >= 4 is 28.4 Å². The van der Waals surface area contributed by atoms with Gasteiger partial charge in [0.05, 0.1) is 17.3 Å². The van der Waals surface area contributed by atoms with E-state index in [1.807, 2.05) is 0 Å². The Labute approximate surface area is 292 Å². The summed E-state index contributed by atoms with van der Waals surface area (Å²) >= 11 is 0. The van der Waals surface area contributed by atoms with Crippen molar-refractivity contribution < 1.29 is 0 Å². The minimum Gasteiger partial charge on any atom is -0.333 e. The molecule has 1 aromatic heterocycles. The highest BCUT2D eigenvalue weighted by molar-refractivity contribution is 5.96. The summed E-state index contributed by atoms with van der Waals surface area (Å²) in [7, 11) is 0. The van der Waals surface area contributed by atoms with Gasteiger partial charge in [-0.2, -0.15) is 0 Å². The largest absolute Gasteiger partial charge is 0.333 e. The number of aromatic nitrogens is 1. The molecule has 1 aliphatic carbocycles. The molecule has 0 bridgehead atoms. The summed E-state index contributed by atoms with van der Waals surface area (Å²) in [6, 6.07) is 66.3. The van der Waals surface area contributed by atoms with Crippen LogP contribution in [0.5, 0.6) is 0 Å². The Kier molecular flexibility index (Phi) is 6.67. The Bertz CT molecular complexity index is 2540. The fourth-order valence-corrected chi connectivity index (χ4v) is 8.46. The maximum absolute atomic E-state index is 2.58. The summed E-state index contributed by atoms with van der Waals surface area (Å²) < 4.78 is 2.47. The third-order valence-electron chi connectivity index (χ3n) is 10.6. The Hall–Kier alpha value is -6.38. The van der Waals surface area contributed by atoms with Crippen LogP contribution in [0.15, 0.2) is 188 Å². The van der Waals surface area contributed by atoms with Crippen molar-refractivity contribution in [2.75, 3.05) is 4.90 Å². The Morgan fingerprint density at radius 1 is 0.420 bits per heavy atom. The van der Waals surface area contributed by atoms with Gasteiger partial charge in [0.25, 0.3) is 0 Å². The molecule has 7 aromatic carbocycles. The summed E-state index contributed by atoms with van der Waals surface area (Å²) in [5, 5.41) is 1.31. The number of fused-ring (bicyclic) bond motifs is 7. The number of para-hydroxylation sites is 3. The normalized spacial score (nSPS) is 15.9. The number of rotatable bonds is 5. The molecule has 2 nitrogen and oxygen atoms in total. The molecule has 0 spiro atoms. The van der Waals surface area contributed by atoms with E-state index in [0.29, 0.717) is 0 Å². The zero-order valence-corrected chi connectivity index (χ0v) is 27.5. The van der Waals surface area contributed by atoms with Crippen LogP contribution in [0, 0.1) is 0 Å². The van der Waals surface area contributed by atoms with E-state index in [4.69, 9.17) is 0 Å². The average molecular weight is 639 g/mol. The van der Waals surface area contributed by atoms with Crippen LogP contribution in [0.4, 0.5) is 11.4 Å². The van der Waals surface area contributed by atoms with Crippen LogP contribution >= 0.6 is 0 Å². The highest BCUT2D eigenvalue weighted by Gasteiger charge is 2.43. The van der Waals surface area contributed by atoms with Gasteiger partial charge in [0.2, 0.25) is 0 Å². The van der Waals surface area contributed by atoms with Crippen LogP contribution in [0.25, 0.3) is 56.0 Å². The first-order valence-electron chi connectivity index (χ1n) is 17.4. The van der Waals surface area contributed by atoms with Crippen molar-refractivity contribution in [1.29, 1.82) is 0 Å². The molecule has 0 N–H and O–H groups in total. The van der Waals surface area contributed by atoms with E-state index in [1.54, 1.807) is 0 Å². The Morgan fingerprint density at radius 2 is 0.960 bits per heavy atom. The van der Waals surface area contributed by atoms with Gasteiger partial charge >= 0.3 is 0 Å². The Balaban J connectivity index is 1.11. The van der Waals surface area contributed by atoms with E-state index in [2.05, 4.69) is 204 Å². The first-order chi connectivity index (χ1) is 24.8. The summed E-state index contributed by atoms with van der Waals surface area (Å²) in [5.41, 5.74) is 16.4. The predicted molar refractivity (Wildman–Crippen MR) is 209 cm³/mol. The van der Waals surface area contributed by atoms with Crippen molar-refractivity contribution in [1.82, 2.24) is 4.57 Å². The molecule has 2 atom stereocenters. The minimum atomic E-state index is 0.154. The fraction of sp³-hybridized carbons (Fsp3) is 0.0417. The maximum atomic E-state index is 2.58. The van der Waals surface area contributed by atoms with Crippen LogP contribution in [-0.2, 0) is 0 Å². The number of anilines is 2. The molecule has 0 amide bonds. The van der Waals surface area contributed by atoms with Crippen LogP contribution in [-0.4, -0.2) is 10.6 Å². The van der Waals surface area contributed by atoms with Crippen molar-refractivity contribution in [2.45, 2.75) is 12.0 Å². The molecule has 0 saturated heterocycles. The second-order valence-electron chi connectivity index (χ2n) is 13.2. The molecule has 8 aromatic rings. The van der Waals surface area contributed by atoms with E-state index >= 15 is 0 Å². The Morgan fingerprint density at radius 3 is 1.68 bits per heavy atom. The van der Waals surface area contributed by atoms with E-state index in [1.165, 1.54) is 78.2 Å². The van der Waals surface area contributed by atoms with E-state index in [-0.39, 0.29) is 12.0 Å². The highest BCUT2D eigenvalue weighted by atomic mass is 15.2. The van der Waals surface area contributed by atoms with Gasteiger partial charge in [-0.05, 0) is 75.4 Å². The first-order valence-corrected chi connectivity index (χ1v) is 17.4. The molecule has 2 unspecified atom stereocenters. The van der Waals surface area contributed by atoms with Gasteiger partial charge in [0.1, 0.15) is 0 Å². The number of hydrogen-bond donors (Lipinski definition) is 0. The highest BCUT2D eigenvalue weighted by Crippen LogP contribution is 2.55. The van der Waals surface area contributed by atoms with Crippen molar-refractivity contribution in [3.63, 3.8) is 0 Å². The molecule has 236 valence electrons. The zero-order chi connectivity index (χ0) is 33.0. The SMILES string of the molecule is C1=CC2C(c3ccccc3N2c2ccccc2-c2ccccc2)c2c1n(-c1ccc(-c3ccccc3-c3ccccc3)cc1)c1ccccc21. The molecule has 2 aliphatic rings. The lowest BCUT2D eigenvalue weighted by Crippen LogP contribution is -2.31. The zero-order valence-electron chi connectivity index (χ0n) is 27.5. The third kappa shape index (κ3) is 4.42. The molecule has 50 heavy (non-hydrogen) atoms. The second-order valence-corrected chi connectivity index (χ2v) is 13.2. The third-order valence-corrected chi connectivity index (χ3v) is 10.6. The molecular weight excluding hydrogens is 605 g/mol. The van der Waals surface area contributed by atoms with Crippen molar-refractivity contribution in [3.8, 4) is 39.1 Å². The minimum absolute atomic E-state index is 0.154. The van der Waals surface area contributed by atoms with E-state index in [9.17, 15) is 0 Å². The lowest BCUT2D eigenvalue weighted by Gasteiger charge is -2.32. The van der Waals surface area contributed by atoms with Crippen molar-refractivity contribution in [3.05, 3.63) is 205 Å². The fourth-order valence-electron chi connectivity index (χ4n) is 8.46. The smallest absolute Gasteiger partial charge is 0.0637 e. The molecule has 0 saturated carbocycles. The summed E-state index contributed by atoms with van der Waals surface area (Å²) in [6.07, 6.45) is 4.81. The number of hydrogen-bond acceptors (Lipinski definition) is 1. The molecule has 1 aliphatic heterocycles.